The molecule has 2 N–H and O–H groups in total. The Morgan fingerprint density at radius 2 is 2.07 bits per heavy atom. The number of aliphatic hydroxyl groups is 1. The molecule has 0 aromatic carbocycles. The van der Waals surface area contributed by atoms with Crippen molar-refractivity contribution in [3.05, 3.63) is 10.6 Å². The second kappa shape index (κ2) is 6.95. The lowest BCUT2D eigenvalue weighted by molar-refractivity contribution is -0.163. The van der Waals surface area contributed by atoms with E-state index < -0.39 is 18.0 Å². The van der Waals surface area contributed by atoms with E-state index in [1.807, 2.05) is 6.92 Å². The Morgan fingerprint density at radius 3 is 2.61 bits per heavy atom. The summed E-state index contributed by atoms with van der Waals surface area (Å²) in [5.74, 6) is -0.836. The third-order valence-electron chi connectivity index (χ3n) is 5.96. The molecule has 28 heavy (non-hydrogen) atoms. The van der Waals surface area contributed by atoms with Gasteiger partial charge in [-0.2, -0.15) is 0 Å². The summed E-state index contributed by atoms with van der Waals surface area (Å²) >= 11 is 3.39. The molecule has 7 nitrogen and oxygen atoms in total. The number of thioether (sulfide) groups is 2. The topological polar surface area (TPSA) is 93.4 Å². The Balaban J connectivity index is 1.43. The van der Waals surface area contributed by atoms with E-state index in [9.17, 15) is 19.8 Å². The summed E-state index contributed by atoms with van der Waals surface area (Å²) < 4.78 is 0. The van der Waals surface area contributed by atoms with E-state index in [0.717, 1.165) is 35.5 Å². The van der Waals surface area contributed by atoms with Crippen LogP contribution in [0, 0.1) is 17.3 Å². The first-order valence-electron chi connectivity index (χ1n) is 9.68. The highest BCUT2D eigenvalue weighted by Gasteiger charge is 2.60. The fourth-order valence-electron chi connectivity index (χ4n) is 4.35. The van der Waals surface area contributed by atoms with Crippen LogP contribution in [0.15, 0.2) is 15.6 Å². The standard InChI is InChI=1S/C19H27N3O4S2/c1-9-13-12(10(2)23)16(24)22(13)14(17(25)26)15(9)28-11-5-21(6-11)18-20-7-19(3,4)8-27-18/h9-13,23H,5-8H2,1-4H3,(H,25,26)/t9-,10-,12-,13-/m1/s1. The first kappa shape index (κ1) is 20.1. The number of aliphatic hydroxyl groups excluding tert-OH is 1. The van der Waals surface area contributed by atoms with Crippen LogP contribution in [0.25, 0.3) is 0 Å². The molecular weight excluding hydrogens is 398 g/mol. The monoisotopic (exact) mass is 425 g/mol. The fraction of sp³-hybridized carbons (Fsp3) is 0.737. The third-order valence-corrected chi connectivity index (χ3v) is 8.98. The summed E-state index contributed by atoms with van der Waals surface area (Å²) in [7, 11) is 0. The number of nitrogens with zero attached hydrogens (tertiary/aromatic N) is 3. The summed E-state index contributed by atoms with van der Waals surface area (Å²) in [4.78, 5) is 33.4. The zero-order chi connectivity index (χ0) is 20.4. The first-order valence-corrected chi connectivity index (χ1v) is 11.5. The van der Waals surface area contributed by atoms with Gasteiger partial charge in [0.25, 0.3) is 0 Å². The number of likely N-dealkylation sites (tertiary alicyclic amines) is 1. The molecule has 0 radical (unpaired) electrons. The van der Waals surface area contributed by atoms with Crippen molar-refractivity contribution < 1.29 is 19.8 Å². The molecule has 0 bridgehead atoms. The smallest absolute Gasteiger partial charge is 0.353 e. The molecule has 4 heterocycles. The van der Waals surface area contributed by atoms with Gasteiger partial charge in [0.15, 0.2) is 5.17 Å². The number of fused-ring (bicyclic) bond motifs is 1. The number of aliphatic carboxylic acids is 1. The van der Waals surface area contributed by atoms with Crippen LogP contribution in [0.4, 0.5) is 0 Å². The Hall–Kier alpha value is -1.19. The van der Waals surface area contributed by atoms with Crippen molar-refractivity contribution in [1.82, 2.24) is 9.80 Å². The summed E-state index contributed by atoms with van der Waals surface area (Å²) in [6.07, 6.45) is -0.764. The zero-order valence-electron chi connectivity index (χ0n) is 16.6. The zero-order valence-corrected chi connectivity index (χ0v) is 18.2. The van der Waals surface area contributed by atoms with Crippen molar-refractivity contribution in [2.24, 2.45) is 22.2 Å². The minimum absolute atomic E-state index is 0.0651. The first-order chi connectivity index (χ1) is 13.1. The number of carboxylic acids is 1. The Labute approximate surface area is 173 Å². The summed E-state index contributed by atoms with van der Waals surface area (Å²) in [6.45, 7) is 10.6. The number of hydrogen-bond donors (Lipinski definition) is 2. The van der Waals surface area contributed by atoms with Gasteiger partial charge in [-0.3, -0.25) is 9.79 Å². The van der Waals surface area contributed by atoms with Gasteiger partial charge in [-0.1, -0.05) is 32.5 Å². The van der Waals surface area contributed by atoms with Crippen molar-refractivity contribution in [3.63, 3.8) is 0 Å². The van der Waals surface area contributed by atoms with Gasteiger partial charge in [0.1, 0.15) is 5.70 Å². The van der Waals surface area contributed by atoms with Crippen molar-refractivity contribution in [3.8, 4) is 0 Å². The lowest BCUT2D eigenvalue weighted by Crippen LogP contribution is -2.63. The lowest BCUT2D eigenvalue weighted by Gasteiger charge is -2.46. The largest absolute Gasteiger partial charge is 0.477 e. The molecule has 154 valence electrons. The molecule has 2 saturated heterocycles. The normalized spacial score (nSPS) is 33.2. The number of carboxylic acid groups (broad SMARTS) is 1. The Kier molecular flexibility index (Phi) is 4.99. The minimum atomic E-state index is -1.06. The number of carbonyl (C=O) groups is 2. The summed E-state index contributed by atoms with van der Waals surface area (Å²) in [6, 6.07) is -0.238. The molecule has 0 spiro atoms. The van der Waals surface area contributed by atoms with Crippen molar-refractivity contribution >= 4 is 40.6 Å². The molecule has 4 rings (SSSR count). The SMILES string of the molecule is C[C@@H](O)[C@H]1C(=O)N2C(C(=O)O)=C(SC3CN(C4=NCC(C)(C)CS4)C3)[C@H](C)[C@H]12. The Bertz CT molecular complexity index is 773. The second-order valence-corrected chi connectivity index (χ2v) is 11.3. The van der Waals surface area contributed by atoms with Crippen molar-refractivity contribution in [2.75, 3.05) is 25.4 Å². The molecule has 4 atom stereocenters. The molecule has 9 heteroatoms. The average Bonchev–Trinajstić information content (AvgIpc) is 2.80. The van der Waals surface area contributed by atoms with E-state index in [-0.39, 0.29) is 29.0 Å². The number of amides is 1. The van der Waals surface area contributed by atoms with Crippen LogP contribution < -0.4 is 0 Å². The van der Waals surface area contributed by atoms with E-state index in [4.69, 9.17) is 4.99 Å². The van der Waals surface area contributed by atoms with Gasteiger partial charge < -0.3 is 20.0 Å². The number of amidine groups is 1. The molecule has 2 fully saturated rings. The van der Waals surface area contributed by atoms with Crippen LogP contribution in [0.2, 0.25) is 0 Å². The molecule has 0 unspecified atom stereocenters. The maximum absolute atomic E-state index is 12.4. The van der Waals surface area contributed by atoms with E-state index in [0.29, 0.717) is 5.25 Å². The van der Waals surface area contributed by atoms with Crippen LogP contribution in [0.3, 0.4) is 0 Å². The maximum atomic E-state index is 12.4. The number of rotatable bonds is 4. The number of β-lactam (4-membered cyclic amide) rings is 1. The van der Waals surface area contributed by atoms with Gasteiger partial charge >= 0.3 is 5.97 Å². The van der Waals surface area contributed by atoms with Crippen LogP contribution in [-0.4, -0.2) is 79.8 Å². The average molecular weight is 426 g/mol. The number of carbonyl (C=O) groups excluding carboxylic acids is 1. The van der Waals surface area contributed by atoms with Crippen molar-refractivity contribution in [1.29, 1.82) is 0 Å². The maximum Gasteiger partial charge on any atom is 0.353 e. The van der Waals surface area contributed by atoms with E-state index >= 15 is 0 Å². The molecule has 4 aliphatic heterocycles. The Morgan fingerprint density at radius 1 is 1.39 bits per heavy atom. The van der Waals surface area contributed by atoms with Gasteiger partial charge in [0, 0.05) is 41.5 Å². The van der Waals surface area contributed by atoms with E-state index in [2.05, 4.69) is 18.7 Å². The summed E-state index contributed by atoms with van der Waals surface area (Å²) in [5, 5.41) is 21.0. The van der Waals surface area contributed by atoms with Gasteiger partial charge in [0.2, 0.25) is 5.91 Å². The molecule has 4 aliphatic rings. The summed E-state index contributed by atoms with van der Waals surface area (Å²) in [5.41, 5.74) is 0.364. The fourth-order valence-corrected chi connectivity index (χ4v) is 6.97. The highest BCUT2D eigenvalue weighted by atomic mass is 32.2. The van der Waals surface area contributed by atoms with Gasteiger partial charge in [-0.25, -0.2) is 4.79 Å². The molecule has 0 aromatic heterocycles. The third kappa shape index (κ3) is 3.15. The molecule has 0 saturated carbocycles. The van der Waals surface area contributed by atoms with Crippen LogP contribution in [0.5, 0.6) is 0 Å². The second-order valence-electron chi connectivity index (χ2n) is 8.97. The van der Waals surface area contributed by atoms with Gasteiger partial charge in [-0.15, -0.1) is 11.8 Å². The van der Waals surface area contributed by atoms with Gasteiger partial charge in [0.05, 0.1) is 18.1 Å². The quantitative estimate of drug-likeness (QED) is 0.662. The van der Waals surface area contributed by atoms with E-state index in [1.54, 1.807) is 30.4 Å². The lowest BCUT2D eigenvalue weighted by atomic mass is 9.79. The van der Waals surface area contributed by atoms with Gasteiger partial charge in [-0.05, 0) is 12.3 Å². The van der Waals surface area contributed by atoms with Crippen LogP contribution in [-0.2, 0) is 9.59 Å². The van der Waals surface area contributed by atoms with Crippen LogP contribution >= 0.6 is 23.5 Å². The van der Waals surface area contributed by atoms with E-state index in [1.165, 1.54) is 4.90 Å². The predicted octanol–water partition coefficient (Wildman–Crippen LogP) is 1.69. The predicted molar refractivity (Wildman–Crippen MR) is 111 cm³/mol. The number of hydrogen-bond acceptors (Lipinski definition) is 7. The molecule has 0 aromatic rings. The minimum Gasteiger partial charge on any atom is -0.477 e. The molecule has 1 amide bonds. The number of aliphatic imine (C=N–C) groups is 1. The highest BCUT2D eigenvalue weighted by Crippen LogP contribution is 2.52. The highest BCUT2D eigenvalue weighted by molar-refractivity contribution is 8.13. The van der Waals surface area contributed by atoms with Crippen molar-refractivity contribution in [2.45, 2.75) is 45.1 Å². The molecule has 0 aliphatic carbocycles. The molecular formula is C19H27N3O4S2. The van der Waals surface area contributed by atoms with Crippen LogP contribution in [0.1, 0.15) is 27.7 Å².